The molecule has 4 heteroatoms. The minimum Gasteiger partial charge on any atom is -0.309 e. The lowest BCUT2D eigenvalue weighted by Crippen LogP contribution is -1.99. The zero-order valence-corrected chi connectivity index (χ0v) is 25.8. The SMILES string of the molecule is N#Cc1ccc2c3ccccc3n(-c3ccc(-c4c(C#N)cccc4-c4ccccc4-n4c5ccccc5c5ccccc54)cc3)c2c1. The standard InChI is InChI=1S/C44H26N4/c45-27-29-20-25-37-35-13-1-5-16-39(35)47(43(37)26-29)32-23-21-30(22-24-32)44-31(28-46)10-9-15-38(44)36-14-4-8-19-42(36)48-40-17-6-2-11-33(40)34-12-3-7-18-41(34)48/h1-26H. The molecule has 4 nitrogen and oxygen atoms in total. The van der Waals surface area contributed by atoms with Crippen LogP contribution < -0.4 is 0 Å². The highest BCUT2D eigenvalue weighted by atomic mass is 15.0. The molecular formula is C44H26N4. The fraction of sp³-hybridized carbons (Fsp3) is 0. The monoisotopic (exact) mass is 610 g/mol. The molecule has 0 amide bonds. The summed E-state index contributed by atoms with van der Waals surface area (Å²) in [6.45, 7) is 0. The van der Waals surface area contributed by atoms with Gasteiger partial charge in [-0.2, -0.15) is 10.5 Å². The largest absolute Gasteiger partial charge is 0.309 e. The third-order valence-electron chi connectivity index (χ3n) is 9.42. The van der Waals surface area contributed by atoms with E-state index in [0.717, 1.165) is 66.5 Å². The Labute approximate surface area is 277 Å². The Kier molecular flexibility index (Phi) is 6.22. The third kappa shape index (κ3) is 4.07. The smallest absolute Gasteiger partial charge is 0.0998 e. The molecule has 0 saturated carbocycles. The Hall–Kier alpha value is -6.88. The van der Waals surface area contributed by atoms with E-state index in [1.54, 1.807) is 0 Å². The van der Waals surface area contributed by atoms with Crippen LogP contribution in [-0.2, 0) is 0 Å². The predicted molar refractivity (Wildman–Crippen MR) is 195 cm³/mol. The molecular weight excluding hydrogens is 585 g/mol. The van der Waals surface area contributed by atoms with Gasteiger partial charge in [0.05, 0.1) is 51.0 Å². The number of para-hydroxylation sites is 4. The number of nitrogens with zero attached hydrogens (tertiary/aromatic N) is 4. The number of nitriles is 2. The van der Waals surface area contributed by atoms with E-state index in [-0.39, 0.29) is 0 Å². The van der Waals surface area contributed by atoms with Gasteiger partial charge in [-0.25, -0.2) is 0 Å². The number of rotatable bonds is 4. The molecule has 9 rings (SSSR count). The van der Waals surface area contributed by atoms with Crippen molar-refractivity contribution < 1.29 is 0 Å². The summed E-state index contributed by atoms with van der Waals surface area (Å²) in [6.07, 6.45) is 0. The second-order valence-electron chi connectivity index (χ2n) is 12.0. The average molecular weight is 611 g/mol. The first-order valence-electron chi connectivity index (χ1n) is 15.9. The fourth-order valence-electron chi connectivity index (χ4n) is 7.35. The maximum atomic E-state index is 10.4. The van der Waals surface area contributed by atoms with Crippen LogP contribution in [0, 0.1) is 22.7 Å². The molecule has 0 aliphatic heterocycles. The van der Waals surface area contributed by atoms with Crippen LogP contribution in [0.15, 0.2) is 158 Å². The lowest BCUT2D eigenvalue weighted by molar-refractivity contribution is 1.18. The summed E-state index contributed by atoms with van der Waals surface area (Å²) in [5.41, 5.74) is 11.5. The molecule has 0 aliphatic rings. The molecule has 48 heavy (non-hydrogen) atoms. The van der Waals surface area contributed by atoms with Crippen LogP contribution in [0.5, 0.6) is 0 Å². The summed E-state index contributed by atoms with van der Waals surface area (Å²) in [5, 5.41) is 24.7. The molecule has 2 aromatic heterocycles. The van der Waals surface area contributed by atoms with Gasteiger partial charge in [0.1, 0.15) is 0 Å². The molecule has 0 N–H and O–H groups in total. The minimum atomic E-state index is 0.618. The lowest BCUT2D eigenvalue weighted by atomic mass is 9.90. The van der Waals surface area contributed by atoms with Gasteiger partial charge >= 0.3 is 0 Å². The molecule has 0 atom stereocenters. The second-order valence-corrected chi connectivity index (χ2v) is 12.0. The van der Waals surface area contributed by atoms with Crippen molar-refractivity contribution in [3.05, 3.63) is 169 Å². The summed E-state index contributed by atoms with van der Waals surface area (Å²) in [4.78, 5) is 0. The maximum absolute atomic E-state index is 10.4. The van der Waals surface area contributed by atoms with Crippen LogP contribution >= 0.6 is 0 Å². The highest BCUT2D eigenvalue weighted by molar-refractivity contribution is 6.11. The van der Waals surface area contributed by atoms with Crippen molar-refractivity contribution in [3.8, 4) is 45.8 Å². The van der Waals surface area contributed by atoms with Crippen molar-refractivity contribution in [1.29, 1.82) is 10.5 Å². The molecule has 0 saturated heterocycles. The van der Waals surface area contributed by atoms with E-state index in [1.165, 1.54) is 10.8 Å². The summed E-state index contributed by atoms with van der Waals surface area (Å²) in [6, 6.07) is 58.9. The van der Waals surface area contributed by atoms with E-state index in [4.69, 9.17) is 0 Å². The van der Waals surface area contributed by atoms with Crippen LogP contribution in [0.1, 0.15) is 11.1 Å². The number of aromatic nitrogens is 2. The molecule has 2 heterocycles. The molecule has 0 aliphatic carbocycles. The summed E-state index contributed by atoms with van der Waals surface area (Å²) in [7, 11) is 0. The molecule has 0 fully saturated rings. The lowest BCUT2D eigenvalue weighted by Gasteiger charge is -2.18. The van der Waals surface area contributed by atoms with Crippen molar-refractivity contribution in [3.63, 3.8) is 0 Å². The minimum absolute atomic E-state index is 0.618. The first kappa shape index (κ1) is 27.4. The molecule has 7 aromatic carbocycles. The molecule has 0 bridgehead atoms. The summed E-state index contributed by atoms with van der Waals surface area (Å²) >= 11 is 0. The number of fused-ring (bicyclic) bond motifs is 6. The van der Waals surface area contributed by atoms with Crippen molar-refractivity contribution >= 4 is 43.6 Å². The Morgan fingerprint density at radius 3 is 1.62 bits per heavy atom. The zero-order chi connectivity index (χ0) is 32.2. The van der Waals surface area contributed by atoms with Crippen molar-refractivity contribution in [2.24, 2.45) is 0 Å². The van der Waals surface area contributed by atoms with E-state index in [9.17, 15) is 10.5 Å². The van der Waals surface area contributed by atoms with E-state index in [2.05, 4.69) is 137 Å². The Bertz CT molecular complexity index is 2750. The highest BCUT2D eigenvalue weighted by Gasteiger charge is 2.19. The van der Waals surface area contributed by atoms with E-state index in [0.29, 0.717) is 11.1 Å². The molecule has 9 aromatic rings. The Morgan fingerprint density at radius 2 is 0.979 bits per heavy atom. The van der Waals surface area contributed by atoms with Crippen LogP contribution in [-0.4, -0.2) is 9.13 Å². The van der Waals surface area contributed by atoms with Gasteiger partial charge in [-0.1, -0.05) is 103 Å². The topological polar surface area (TPSA) is 57.4 Å². The van der Waals surface area contributed by atoms with Crippen LogP contribution in [0.25, 0.3) is 77.2 Å². The van der Waals surface area contributed by atoms with Gasteiger partial charge in [0.25, 0.3) is 0 Å². The van der Waals surface area contributed by atoms with Gasteiger partial charge < -0.3 is 9.13 Å². The Morgan fingerprint density at radius 1 is 0.417 bits per heavy atom. The number of benzene rings is 7. The van der Waals surface area contributed by atoms with E-state index < -0.39 is 0 Å². The maximum Gasteiger partial charge on any atom is 0.0998 e. The fourth-order valence-corrected chi connectivity index (χ4v) is 7.35. The molecule has 0 radical (unpaired) electrons. The first-order chi connectivity index (χ1) is 23.7. The second kappa shape index (κ2) is 10.9. The van der Waals surface area contributed by atoms with Crippen LogP contribution in [0.3, 0.4) is 0 Å². The van der Waals surface area contributed by atoms with Crippen LogP contribution in [0.2, 0.25) is 0 Å². The van der Waals surface area contributed by atoms with Gasteiger partial charge in [0, 0.05) is 38.4 Å². The summed E-state index contributed by atoms with van der Waals surface area (Å²) in [5.74, 6) is 0. The van der Waals surface area contributed by atoms with Gasteiger partial charge in [-0.3, -0.25) is 0 Å². The summed E-state index contributed by atoms with van der Waals surface area (Å²) < 4.78 is 4.55. The quantitative estimate of drug-likeness (QED) is 0.199. The van der Waals surface area contributed by atoms with Crippen LogP contribution in [0.4, 0.5) is 0 Å². The zero-order valence-electron chi connectivity index (χ0n) is 25.8. The van der Waals surface area contributed by atoms with Gasteiger partial charge in [-0.05, 0) is 65.7 Å². The van der Waals surface area contributed by atoms with Crippen molar-refractivity contribution in [1.82, 2.24) is 9.13 Å². The van der Waals surface area contributed by atoms with Crippen molar-refractivity contribution in [2.45, 2.75) is 0 Å². The molecule has 0 spiro atoms. The van der Waals surface area contributed by atoms with Gasteiger partial charge in [0.15, 0.2) is 0 Å². The third-order valence-corrected chi connectivity index (χ3v) is 9.42. The predicted octanol–water partition coefficient (Wildman–Crippen LogP) is 11.0. The van der Waals surface area contributed by atoms with Gasteiger partial charge in [-0.15, -0.1) is 0 Å². The normalized spacial score (nSPS) is 11.3. The Balaban J connectivity index is 1.25. The highest BCUT2D eigenvalue weighted by Crippen LogP contribution is 2.41. The average Bonchev–Trinajstić information content (AvgIpc) is 3.67. The van der Waals surface area contributed by atoms with Gasteiger partial charge in [0.2, 0.25) is 0 Å². The number of hydrogen-bond acceptors (Lipinski definition) is 2. The van der Waals surface area contributed by atoms with E-state index in [1.807, 2.05) is 42.5 Å². The molecule has 222 valence electrons. The van der Waals surface area contributed by atoms with Crippen molar-refractivity contribution in [2.75, 3.05) is 0 Å². The first-order valence-corrected chi connectivity index (χ1v) is 15.9. The van der Waals surface area contributed by atoms with E-state index >= 15 is 0 Å². The number of hydrogen-bond donors (Lipinski definition) is 0. The molecule has 0 unspecified atom stereocenters.